The van der Waals surface area contributed by atoms with Crippen LogP contribution in [-0.2, 0) is 0 Å². The van der Waals surface area contributed by atoms with Gasteiger partial charge in [-0.2, -0.15) is 0 Å². The van der Waals surface area contributed by atoms with Crippen molar-refractivity contribution in [2.75, 3.05) is 0 Å². The van der Waals surface area contributed by atoms with Crippen molar-refractivity contribution in [1.82, 2.24) is 0 Å². The van der Waals surface area contributed by atoms with E-state index in [0.717, 1.165) is 12.1 Å². The summed E-state index contributed by atoms with van der Waals surface area (Å²) in [7, 11) is 0. The maximum atomic E-state index is 13.5. The molecular formula is C13H6Cl2F2O. The molecule has 2 rings (SSSR count). The van der Waals surface area contributed by atoms with Gasteiger partial charge in [0, 0.05) is 10.6 Å². The summed E-state index contributed by atoms with van der Waals surface area (Å²) in [5.41, 5.74) is -0.671. The zero-order chi connectivity index (χ0) is 13.3. The molecule has 0 atom stereocenters. The second kappa shape index (κ2) is 5.04. The van der Waals surface area contributed by atoms with Crippen molar-refractivity contribution in [3.63, 3.8) is 0 Å². The number of hydrogen-bond donors (Lipinski definition) is 0. The molecule has 2 aromatic carbocycles. The third kappa shape index (κ3) is 2.37. The maximum Gasteiger partial charge on any atom is 0.200 e. The quantitative estimate of drug-likeness (QED) is 0.743. The van der Waals surface area contributed by atoms with Gasteiger partial charge in [-0.25, -0.2) is 8.78 Å². The van der Waals surface area contributed by atoms with Crippen LogP contribution in [0.2, 0.25) is 10.0 Å². The van der Waals surface area contributed by atoms with Crippen LogP contribution in [0.1, 0.15) is 15.9 Å². The van der Waals surface area contributed by atoms with E-state index in [2.05, 4.69) is 0 Å². The number of hydrogen-bond acceptors (Lipinski definition) is 1. The van der Waals surface area contributed by atoms with E-state index in [1.165, 1.54) is 24.3 Å². The van der Waals surface area contributed by atoms with Crippen LogP contribution in [0.3, 0.4) is 0 Å². The Kier molecular flexibility index (Phi) is 3.64. The summed E-state index contributed by atoms with van der Waals surface area (Å²) in [6.45, 7) is 0. The van der Waals surface area contributed by atoms with E-state index in [0.29, 0.717) is 0 Å². The molecule has 0 spiro atoms. The van der Waals surface area contributed by atoms with E-state index in [-0.39, 0.29) is 15.6 Å². The molecule has 18 heavy (non-hydrogen) atoms. The molecule has 0 aliphatic carbocycles. The van der Waals surface area contributed by atoms with Gasteiger partial charge in [-0.1, -0.05) is 29.3 Å². The van der Waals surface area contributed by atoms with Crippen LogP contribution >= 0.6 is 23.2 Å². The van der Waals surface area contributed by atoms with Gasteiger partial charge in [0.2, 0.25) is 0 Å². The summed E-state index contributed by atoms with van der Waals surface area (Å²) in [5, 5.41) is 0.353. The van der Waals surface area contributed by atoms with Gasteiger partial charge in [0.25, 0.3) is 0 Å². The zero-order valence-electron chi connectivity index (χ0n) is 8.88. The van der Waals surface area contributed by atoms with E-state index in [1.807, 2.05) is 0 Å². The maximum absolute atomic E-state index is 13.5. The summed E-state index contributed by atoms with van der Waals surface area (Å²) in [6.07, 6.45) is 0. The fraction of sp³-hybridized carbons (Fsp3) is 0. The molecule has 0 amide bonds. The molecular weight excluding hydrogens is 281 g/mol. The molecule has 0 radical (unpaired) electrons. The van der Waals surface area contributed by atoms with Gasteiger partial charge in [-0.15, -0.1) is 0 Å². The first-order chi connectivity index (χ1) is 8.50. The minimum atomic E-state index is -0.934. The first-order valence-electron chi connectivity index (χ1n) is 4.94. The van der Waals surface area contributed by atoms with Crippen molar-refractivity contribution in [3.8, 4) is 0 Å². The van der Waals surface area contributed by atoms with Crippen molar-refractivity contribution in [1.29, 1.82) is 0 Å². The third-order valence-electron chi connectivity index (χ3n) is 2.36. The first kappa shape index (κ1) is 13.0. The second-order valence-corrected chi connectivity index (χ2v) is 4.39. The Morgan fingerprint density at radius 2 is 1.61 bits per heavy atom. The lowest BCUT2D eigenvalue weighted by Crippen LogP contribution is -2.08. The fourth-order valence-electron chi connectivity index (χ4n) is 1.52. The van der Waals surface area contributed by atoms with Crippen molar-refractivity contribution in [2.45, 2.75) is 0 Å². The molecule has 2 aromatic rings. The van der Waals surface area contributed by atoms with Crippen LogP contribution in [0, 0.1) is 11.6 Å². The Balaban J connectivity index is 2.58. The highest BCUT2D eigenvalue weighted by Gasteiger charge is 2.21. The molecule has 0 fully saturated rings. The topological polar surface area (TPSA) is 17.1 Å². The van der Waals surface area contributed by atoms with Crippen LogP contribution in [0.5, 0.6) is 0 Å². The van der Waals surface area contributed by atoms with Crippen molar-refractivity contribution >= 4 is 29.0 Å². The molecule has 0 heterocycles. The Bertz CT molecular complexity index is 606. The summed E-state index contributed by atoms with van der Waals surface area (Å²) < 4.78 is 27.0. The molecule has 0 unspecified atom stereocenters. The molecule has 0 bridgehead atoms. The van der Waals surface area contributed by atoms with E-state index in [4.69, 9.17) is 23.2 Å². The summed E-state index contributed by atoms with van der Waals surface area (Å²) in [4.78, 5) is 12.0. The van der Waals surface area contributed by atoms with Crippen LogP contribution in [-0.4, -0.2) is 5.78 Å². The Labute approximate surface area is 112 Å². The van der Waals surface area contributed by atoms with Crippen LogP contribution < -0.4 is 0 Å². The van der Waals surface area contributed by atoms with Gasteiger partial charge < -0.3 is 0 Å². The highest BCUT2D eigenvalue weighted by atomic mass is 35.5. The van der Waals surface area contributed by atoms with Crippen LogP contribution in [0.15, 0.2) is 36.4 Å². The largest absolute Gasteiger partial charge is 0.288 e. The number of ketones is 1. The van der Waals surface area contributed by atoms with Crippen molar-refractivity contribution in [2.24, 2.45) is 0 Å². The number of carbonyl (C=O) groups excluding carboxylic acids is 1. The van der Waals surface area contributed by atoms with Gasteiger partial charge in [0.05, 0.1) is 10.6 Å². The molecule has 0 saturated carbocycles. The molecule has 0 aliphatic rings. The lowest BCUT2D eigenvalue weighted by atomic mass is 10.0. The normalized spacial score (nSPS) is 10.4. The number of benzene rings is 2. The SMILES string of the molecule is O=C(c1cc(Cl)ccc1Cl)c1c(F)cccc1F. The monoisotopic (exact) mass is 286 g/mol. The van der Waals surface area contributed by atoms with Crippen LogP contribution in [0.4, 0.5) is 8.78 Å². The van der Waals surface area contributed by atoms with Crippen LogP contribution in [0.25, 0.3) is 0 Å². The molecule has 0 aromatic heterocycles. The molecule has 1 nitrogen and oxygen atoms in total. The summed E-state index contributed by atoms with van der Waals surface area (Å²) in [5.74, 6) is -2.70. The molecule has 0 saturated heterocycles. The zero-order valence-corrected chi connectivity index (χ0v) is 10.4. The number of rotatable bonds is 2. The van der Waals surface area contributed by atoms with E-state index < -0.39 is 23.0 Å². The Morgan fingerprint density at radius 1 is 1.00 bits per heavy atom. The lowest BCUT2D eigenvalue weighted by molar-refractivity contribution is 0.103. The average molecular weight is 287 g/mol. The molecule has 92 valence electrons. The van der Waals surface area contributed by atoms with Gasteiger partial charge in [0.15, 0.2) is 5.78 Å². The first-order valence-corrected chi connectivity index (χ1v) is 5.70. The van der Waals surface area contributed by atoms with Gasteiger partial charge >= 0.3 is 0 Å². The highest BCUT2D eigenvalue weighted by molar-refractivity contribution is 6.36. The molecule has 0 aliphatic heterocycles. The van der Waals surface area contributed by atoms with Crippen molar-refractivity contribution < 1.29 is 13.6 Å². The summed E-state index contributed by atoms with van der Waals surface area (Å²) >= 11 is 11.6. The average Bonchev–Trinajstić information content (AvgIpc) is 2.32. The highest BCUT2D eigenvalue weighted by Crippen LogP contribution is 2.25. The van der Waals surface area contributed by atoms with E-state index in [1.54, 1.807) is 0 Å². The standard InChI is InChI=1S/C13H6Cl2F2O/c14-7-4-5-9(15)8(6-7)13(18)12-10(16)2-1-3-11(12)17/h1-6H. The Morgan fingerprint density at radius 3 is 2.22 bits per heavy atom. The minimum Gasteiger partial charge on any atom is -0.288 e. The second-order valence-electron chi connectivity index (χ2n) is 3.55. The number of halogens is 4. The summed E-state index contributed by atoms with van der Waals surface area (Å²) in [6, 6.07) is 7.36. The van der Waals surface area contributed by atoms with Gasteiger partial charge in [0.1, 0.15) is 11.6 Å². The fourth-order valence-corrected chi connectivity index (χ4v) is 1.90. The van der Waals surface area contributed by atoms with E-state index >= 15 is 0 Å². The van der Waals surface area contributed by atoms with Gasteiger partial charge in [-0.3, -0.25) is 4.79 Å². The Hall–Kier alpha value is -1.45. The smallest absolute Gasteiger partial charge is 0.200 e. The minimum absolute atomic E-state index is 0.0341. The number of carbonyl (C=O) groups is 1. The van der Waals surface area contributed by atoms with E-state index in [9.17, 15) is 13.6 Å². The van der Waals surface area contributed by atoms with Gasteiger partial charge in [-0.05, 0) is 30.3 Å². The van der Waals surface area contributed by atoms with Crippen molar-refractivity contribution in [3.05, 3.63) is 69.2 Å². The third-order valence-corrected chi connectivity index (χ3v) is 2.93. The predicted molar refractivity (Wildman–Crippen MR) is 66.3 cm³/mol. The molecule has 0 N–H and O–H groups in total. The lowest BCUT2D eigenvalue weighted by Gasteiger charge is -2.06. The predicted octanol–water partition coefficient (Wildman–Crippen LogP) is 4.50. The molecule has 5 heteroatoms.